The first kappa shape index (κ1) is 17.2. The predicted octanol–water partition coefficient (Wildman–Crippen LogP) is 1.72. The molecule has 0 saturated carbocycles. The fraction of sp³-hybridized carbons (Fsp3) is 0.333. The molecule has 0 unspecified atom stereocenters. The van der Waals surface area contributed by atoms with E-state index >= 15 is 0 Å². The first-order valence-electron chi connectivity index (χ1n) is 7.11. The van der Waals surface area contributed by atoms with Gasteiger partial charge in [0.2, 0.25) is 0 Å². The van der Waals surface area contributed by atoms with Crippen LogP contribution in [0.4, 0.5) is 0 Å². The molecule has 1 aromatic heterocycles. The number of rotatable bonds is 7. The molecule has 124 valence electrons. The monoisotopic (exact) mass is 337 g/mol. The maximum atomic E-state index is 12.2. The average Bonchev–Trinajstić information content (AvgIpc) is 2.94. The van der Waals surface area contributed by atoms with E-state index in [1.807, 2.05) is 13.8 Å². The number of benzene rings is 1. The minimum absolute atomic E-state index is 0.0275. The number of carboxylic acids is 1. The lowest BCUT2D eigenvalue weighted by molar-refractivity contribution is 0.0697. The van der Waals surface area contributed by atoms with Crippen LogP contribution in [0, 0.1) is 5.92 Å². The number of aromatic carboxylic acids is 1. The Labute approximate surface area is 135 Å². The molecule has 2 N–H and O–H groups in total. The second kappa shape index (κ2) is 6.93. The van der Waals surface area contributed by atoms with Crippen molar-refractivity contribution in [1.29, 1.82) is 0 Å². The molecular formula is C15H19N3O4S. The van der Waals surface area contributed by atoms with Gasteiger partial charge < -0.3 is 9.67 Å². The summed E-state index contributed by atoms with van der Waals surface area (Å²) in [4.78, 5) is 14.7. The summed E-state index contributed by atoms with van der Waals surface area (Å²) in [7, 11) is -3.70. The zero-order chi connectivity index (χ0) is 17.0. The number of carboxylic acid groups (broad SMARTS) is 1. The van der Waals surface area contributed by atoms with E-state index in [1.54, 1.807) is 16.7 Å². The number of nitrogens with zero attached hydrogens (tertiary/aromatic N) is 2. The van der Waals surface area contributed by atoms with Gasteiger partial charge in [0.25, 0.3) is 10.0 Å². The number of sulfonamides is 1. The molecule has 0 aliphatic rings. The Morgan fingerprint density at radius 2 is 1.96 bits per heavy atom. The van der Waals surface area contributed by atoms with E-state index < -0.39 is 16.0 Å². The highest BCUT2D eigenvalue weighted by Gasteiger charge is 2.17. The van der Waals surface area contributed by atoms with Crippen LogP contribution in [0.3, 0.4) is 0 Å². The number of hydrogen-bond donors (Lipinski definition) is 2. The Bertz CT molecular complexity index is 779. The molecule has 0 aliphatic carbocycles. The van der Waals surface area contributed by atoms with Crippen molar-refractivity contribution in [3.05, 3.63) is 47.9 Å². The van der Waals surface area contributed by atoms with Crippen LogP contribution in [0.1, 0.15) is 29.8 Å². The van der Waals surface area contributed by atoms with Crippen LogP contribution >= 0.6 is 0 Å². The van der Waals surface area contributed by atoms with Crippen molar-refractivity contribution in [2.75, 3.05) is 0 Å². The molecule has 23 heavy (non-hydrogen) atoms. The van der Waals surface area contributed by atoms with Crippen molar-refractivity contribution in [2.24, 2.45) is 5.92 Å². The van der Waals surface area contributed by atoms with E-state index in [0.29, 0.717) is 18.0 Å². The van der Waals surface area contributed by atoms with Gasteiger partial charge in [-0.05, 0) is 23.6 Å². The van der Waals surface area contributed by atoms with E-state index in [1.165, 1.54) is 24.7 Å². The van der Waals surface area contributed by atoms with E-state index in [2.05, 4.69) is 9.71 Å². The number of hydrogen-bond acceptors (Lipinski definition) is 4. The molecule has 0 bridgehead atoms. The summed E-state index contributed by atoms with van der Waals surface area (Å²) in [5.41, 5.74) is 0.823. The van der Waals surface area contributed by atoms with Crippen molar-refractivity contribution in [3.63, 3.8) is 0 Å². The molecular weight excluding hydrogens is 318 g/mol. The molecule has 2 aromatic rings. The second-order valence-electron chi connectivity index (χ2n) is 5.63. The van der Waals surface area contributed by atoms with Gasteiger partial charge in [-0.25, -0.2) is 22.9 Å². The number of imidazole rings is 1. The summed E-state index contributed by atoms with van der Waals surface area (Å²) in [5, 5.41) is 8.80. The van der Waals surface area contributed by atoms with Gasteiger partial charge in [-0.15, -0.1) is 0 Å². The fourth-order valence-corrected chi connectivity index (χ4v) is 2.98. The van der Waals surface area contributed by atoms with Gasteiger partial charge >= 0.3 is 5.97 Å². The Morgan fingerprint density at radius 3 is 2.52 bits per heavy atom. The Morgan fingerprint density at radius 1 is 1.30 bits per heavy atom. The van der Waals surface area contributed by atoms with Gasteiger partial charge in [0, 0.05) is 19.3 Å². The summed E-state index contributed by atoms with van der Waals surface area (Å²) in [6.07, 6.45) is 2.99. The van der Waals surface area contributed by atoms with Crippen molar-refractivity contribution in [2.45, 2.75) is 32.0 Å². The minimum Gasteiger partial charge on any atom is -0.478 e. The first-order chi connectivity index (χ1) is 10.8. The van der Waals surface area contributed by atoms with E-state index in [9.17, 15) is 13.2 Å². The highest BCUT2D eigenvalue weighted by molar-refractivity contribution is 7.89. The molecule has 2 rings (SSSR count). The van der Waals surface area contributed by atoms with Crippen molar-refractivity contribution in [1.82, 2.24) is 14.3 Å². The predicted molar refractivity (Wildman–Crippen MR) is 84.5 cm³/mol. The molecule has 0 fully saturated rings. The van der Waals surface area contributed by atoms with Crippen LogP contribution in [0.2, 0.25) is 0 Å². The summed E-state index contributed by atoms with van der Waals surface area (Å²) in [6.45, 7) is 4.83. The van der Waals surface area contributed by atoms with Gasteiger partial charge in [0.05, 0.1) is 11.9 Å². The molecule has 1 aromatic carbocycles. The van der Waals surface area contributed by atoms with Crippen LogP contribution in [0.5, 0.6) is 0 Å². The first-order valence-corrected chi connectivity index (χ1v) is 8.60. The minimum atomic E-state index is -3.70. The fourth-order valence-electron chi connectivity index (χ4n) is 2.02. The Balaban J connectivity index is 2.03. The Kier molecular flexibility index (Phi) is 5.17. The molecule has 8 heteroatoms. The summed E-state index contributed by atoms with van der Waals surface area (Å²) in [5.74, 6) is -0.631. The molecule has 0 spiro atoms. The van der Waals surface area contributed by atoms with Crippen LogP contribution in [0.25, 0.3) is 0 Å². The third kappa shape index (κ3) is 4.64. The lowest BCUT2D eigenvalue weighted by atomic mass is 10.1. The molecule has 1 heterocycles. The Hall–Kier alpha value is -2.19. The number of aromatic nitrogens is 2. The smallest absolute Gasteiger partial charge is 0.335 e. The van der Waals surface area contributed by atoms with Crippen molar-refractivity contribution < 1.29 is 18.3 Å². The highest BCUT2D eigenvalue weighted by Crippen LogP contribution is 2.09. The third-order valence-corrected chi connectivity index (χ3v) is 4.41. The van der Waals surface area contributed by atoms with E-state index in [-0.39, 0.29) is 17.1 Å². The standard InChI is InChI=1S/C15H19N3O4S/c1-11(2)8-18-9-14(16-10-18)23(21,22)17-7-12-3-5-13(6-4-12)15(19)20/h3-6,9-11,17H,7-8H2,1-2H3,(H,19,20). The number of nitrogens with one attached hydrogen (secondary N) is 1. The molecule has 0 radical (unpaired) electrons. The largest absolute Gasteiger partial charge is 0.478 e. The maximum Gasteiger partial charge on any atom is 0.335 e. The highest BCUT2D eigenvalue weighted by atomic mass is 32.2. The lowest BCUT2D eigenvalue weighted by Gasteiger charge is -2.06. The summed E-state index contributed by atoms with van der Waals surface area (Å²) in [6, 6.07) is 6.01. The lowest BCUT2D eigenvalue weighted by Crippen LogP contribution is -2.23. The number of carbonyl (C=O) groups is 1. The molecule has 0 atom stereocenters. The summed E-state index contributed by atoms with van der Waals surface area (Å²) < 4.78 is 28.6. The average molecular weight is 337 g/mol. The maximum absolute atomic E-state index is 12.2. The molecule has 0 aliphatic heterocycles. The quantitative estimate of drug-likeness (QED) is 0.801. The molecule has 7 nitrogen and oxygen atoms in total. The second-order valence-corrected chi connectivity index (χ2v) is 7.34. The van der Waals surface area contributed by atoms with Crippen LogP contribution in [-0.4, -0.2) is 29.0 Å². The third-order valence-electron chi connectivity index (χ3n) is 3.13. The zero-order valence-electron chi connectivity index (χ0n) is 12.9. The zero-order valence-corrected chi connectivity index (χ0v) is 13.7. The van der Waals surface area contributed by atoms with E-state index in [4.69, 9.17) is 5.11 Å². The van der Waals surface area contributed by atoms with Gasteiger partial charge in [0.15, 0.2) is 5.03 Å². The topological polar surface area (TPSA) is 101 Å². The van der Waals surface area contributed by atoms with Gasteiger partial charge in [-0.1, -0.05) is 26.0 Å². The van der Waals surface area contributed by atoms with Crippen LogP contribution < -0.4 is 4.72 Å². The van der Waals surface area contributed by atoms with Crippen LogP contribution in [0.15, 0.2) is 41.8 Å². The molecule has 0 amide bonds. The van der Waals surface area contributed by atoms with Gasteiger partial charge in [-0.3, -0.25) is 0 Å². The van der Waals surface area contributed by atoms with Crippen LogP contribution in [-0.2, 0) is 23.1 Å². The van der Waals surface area contributed by atoms with Gasteiger partial charge in [-0.2, -0.15) is 0 Å². The SMILES string of the molecule is CC(C)Cn1cnc(S(=O)(=O)NCc2ccc(C(=O)O)cc2)c1. The van der Waals surface area contributed by atoms with Gasteiger partial charge in [0.1, 0.15) is 0 Å². The summed E-state index contributed by atoms with van der Waals surface area (Å²) >= 11 is 0. The van der Waals surface area contributed by atoms with Crippen molar-refractivity contribution >= 4 is 16.0 Å². The van der Waals surface area contributed by atoms with E-state index in [0.717, 1.165) is 0 Å². The normalized spacial score (nSPS) is 11.8. The molecule has 0 saturated heterocycles. The van der Waals surface area contributed by atoms with Crippen molar-refractivity contribution in [3.8, 4) is 0 Å².